The van der Waals surface area contributed by atoms with Gasteiger partial charge in [-0.15, -0.1) is 0 Å². The molecule has 0 aromatic heterocycles. The normalized spacial score (nSPS) is 18.5. The molecule has 1 N–H and O–H groups in total. The Bertz CT molecular complexity index is 215. The second-order valence-corrected chi connectivity index (χ2v) is 5.39. The topological polar surface area (TPSA) is 72.8 Å². The zero-order valence-electron chi connectivity index (χ0n) is 7.93. The first-order valence-electron chi connectivity index (χ1n) is 3.98. The van der Waals surface area contributed by atoms with Gasteiger partial charge in [0.15, 0.2) is 0 Å². The maximum Gasteiger partial charge on any atom is 0.342 e. The molecule has 0 saturated carbocycles. The van der Waals surface area contributed by atoms with Gasteiger partial charge >= 0.3 is 19.0 Å². The minimum Gasteiger partial charge on any atom is -0.305 e. The minimum absolute atomic E-state index is 0.195. The molecule has 0 amide bonds. The van der Waals surface area contributed by atoms with Crippen molar-refractivity contribution in [1.29, 1.82) is 0 Å². The van der Waals surface area contributed by atoms with E-state index in [1.165, 1.54) is 6.66 Å². The first-order chi connectivity index (χ1) is 5.91. The molecule has 13 heavy (non-hydrogen) atoms. The highest BCUT2D eigenvalue weighted by molar-refractivity contribution is 7.80. The van der Waals surface area contributed by atoms with Crippen molar-refractivity contribution in [2.75, 3.05) is 6.66 Å². The minimum atomic E-state index is -3.39. The molecule has 7 heteroatoms. The predicted molar refractivity (Wildman–Crippen MR) is 50.8 cm³/mol. The van der Waals surface area contributed by atoms with E-state index in [1.54, 1.807) is 0 Å². The van der Waals surface area contributed by atoms with Gasteiger partial charge in [-0.3, -0.25) is 9.12 Å². The van der Waals surface area contributed by atoms with Crippen LogP contribution in [-0.4, -0.2) is 21.5 Å². The van der Waals surface area contributed by atoms with Crippen molar-refractivity contribution in [1.82, 2.24) is 0 Å². The Morgan fingerprint density at radius 1 is 1.46 bits per heavy atom. The smallest absolute Gasteiger partial charge is 0.305 e. The second kappa shape index (κ2) is 5.88. The lowest BCUT2D eigenvalue weighted by molar-refractivity contribution is 0.173. The van der Waals surface area contributed by atoms with Crippen LogP contribution in [0.1, 0.15) is 26.7 Å². The van der Waals surface area contributed by atoms with E-state index in [9.17, 15) is 8.77 Å². The third-order valence-corrected chi connectivity index (χ3v) is 3.72. The predicted octanol–water partition coefficient (Wildman–Crippen LogP) is 2.17. The van der Waals surface area contributed by atoms with E-state index >= 15 is 0 Å². The summed E-state index contributed by atoms with van der Waals surface area (Å²) in [5.74, 6) is 0. The summed E-state index contributed by atoms with van der Waals surface area (Å²) < 4.78 is 39.2. The van der Waals surface area contributed by atoms with E-state index in [0.29, 0.717) is 12.8 Å². The summed E-state index contributed by atoms with van der Waals surface area (Å²) >= 11 is -2.54. The Kier molecular flexibility index (Phi) is 6.00. The molecule has 0 aliphatic carbocycles. The van der Waals surface area contributed by atoms with E-state index in [2.05, 4.69) is 3.97 Å². The van der Waals surface area contributed by atoms with Crippen LogP contribution < -0.4 is 0 Å². The SMILES string of the molecule is CCC(CC)OP(C)(=O)OS(=O)O. The molecule has 0 aromatic carbocycles. The quantitative estimate of drug-likeness (QED) is 0.559. The third kappa shape index (κ3) is 6.35. The average Bonchev–Trinajstić information content (AvgIpc) is 1.97. The van der Waals surface area contributed by atoms with Gasteiger partial charge in [-0.05, 0) is 12.8 Å². The van der Waals surface area contributed by atoms with Crippen molar-refractivity contribution in [2.45, 2.75) is 32.8 Å². The van der Waals surface area contributed by atoms with E-state index in [-0.39, 0.29) is 6.10 Å². The summed E-state index contributed by atoms with van der Waals surface area (Å²) in [5, 5.41) is 0. The molecule has 0 saturated heterocycles. The molecule has 0 fully saturated rings. The van der Waals surface area contributed by atoms with Crippen LogP contribution in [0.2, 0.25) is 0 Å². The molecule has 0 spiro atoms. The van der Waals surface area contributed by atoms with Crippen molar-refractivity contribution < 1.29 is 21.8 Å². The van der Waals surface area contributed by atoms with Crippen molar-refractivity contribution >= 4 is 19.0 Å². The summed E-state index contributed by atoms with van der Waals surface area (Å²) in [6, 6.07) is 0. The highest BCUT2D eigenvalue weighted by Gasteiger charge is 2.24. The van der Waals surface area contributed by atoms with Crippen LogP contribution in [0.15, 0.2) is 0 Å². The molecule has 0 rings (SSSR count). The number of hydrogen-bond donors (Lipinski definition) is 1. The van der Waals surface area contributed by atoms with Gasteiger partial charge in [0.2, 0.25) is 0 Å². The van der Waals surface area contributed by atoms with Gasteiger partial charge < -0.3 is 4.52 Å². The fraction of sp³-hybridized carbons (Fsp3) is 1.00. The van der Waals surface area contributed by atoms with Gasteiger partial charge in [-0.25, -0.2) is 0 Å². The molecule has 2 unspecified atom stereocenters. The second-order valence-electron chi connectivity index (χ2n) is 2.61. The van der Waals surface area contributed by atoms with Gasteiger partial charge in [-0.1, -0.05) is 13.8 Å². The summed E-state index contributed by atoms with van der Waals surface area (Å²) in [4.78, 5) is 0. The standard InChI is InChI=1S/C6H15O5PS/c1-4-6(5-2)10-12(3,7)11-13(8)9/h6H,4-5H2,1-3H3,(H,8,9). The van der Waals surface area contributed by atoms with Crippen LogP contribution in [0.4, 0.5) is 0 Å². The maximum absolute atomic E-state index is 11.4. The molecule has 2 atom stereocenters. The molecule has 0 aliphatic rings. The highest BCUT2D eigenvalue weighted by Crippen LogP contribution is 2.46. The van der Waals surface area contributed by atoms with Gasteiger partial charge in [0, 0.05) is 6.66 Å². The van der Waals surface area contributed by atoms with Crippen LogP contribution in [0, 0.1) is 0 Å². The first kappa shape index (κ1) is 13.3. The molecular weight excluding hydrogens is 215 g/mol. The molecule has 0 radical (unpaired) electrons. The van der Waals surface area contributed by atoms with Crippen LogP contribution in [-0.2, 0) is 24.4 Å². The number of rotatable bonds is 6. The van der Waals surface area contributed by atoms with Gasteiger partial charge in [0.1, 0.15) is 0 Å². The van der Waals surface area contributed by atoms with Gasteiger partial charge in [0.05, 0.1) is 6.10 Å². The summed E-state index contributed by atoms with van der Waals surface area (Å²) in [6.07, 6.45) is 1.19. The highest BCUT2D eigenvalue weighted by atomic mass is 32.2. The zero-order chi connectivity index (χ0) is 10.5. The molecule has 0 aromatic rings. The number of hydrogen-bond acceptors (Lipinski definition) is 4. The van der Waals surface area contributed by atoms with E-state index in [4.69, 9.17) is 9.08 Å². The largest absolute Gasteiger partial charge is 0.342 e. The molecule has 5 nitrogen and oxygen atoms in total. The maximum atomic E-state index is 11.4. The summed E-state index contributed by atoms with van der Waals surface area (Å²) in [5.41, 5.74) is 0. The lowest BCUT2D eigenvalue weighted by Gasteiger charge is -2.17. The van der Waals surface area contributed by atoms with Gasteiger partial charge in [-0.2, -0.15) is 8.18 Å². The summed E-state index contributed by atoms with van der Waals surface area (Å²) in [6.45, 7) is 4.94. The van der Waals surface area contributed by atoms with Crippen LogP contribution in [0.5, 0.6) is 0 Å². The molecule has 80 valence electrons. The zero-order valence-corrected chi connectivity index (χ0v) is 9.64. The van der Waals surface area contributed by atoms with Gasteiger partial charge in [0.25, 0.3) is 0 Å². The third-order valence-electron chi connectivity index (χ3n) is 1.45. The molecule has 0 aliphatic heterocycles. The summed E-state index contributed by atoms with van der Waals surface area (Å²) in [7, 11) is -3.39. The fourth-order valence-corrected chi connectivity index (χ4v) is 2.75. The lowest BCUT2D eigenvalue weighted by Crippen LogP contribution is -2.09. The van der Waals surface area contributed by atoms with E-state index in [1.807, 2.05) is 13.8 Å². The Labute approximate surface area is 80.8 Å². The van der Waals surface area contributed by atoms with E-state index < -0.39 is 19.0 Å². The Hall–Kier alpha value is 0.260. The van der Waals surface area contributed by atoms with Crippen molar-refractivity contribution in [3.63, 3.8) is 0 Å². The van der Waals surface area contributed by atoms with Crippen LogP contribution in [0.3, 0.4) is 0 Å². The molecule has 0 heterocycles. The van der Waals surface area contributed by atoms with Crippen molar-refractivity contribution in [3.05, 3.63) is 0 Å². The van der Waals surface area contributed by atoms with Crippen LogP contribution in [0.25, 0.3) is 0 Å². The monoisotopic (exact) mass is 230 g/mol. The Morgan fingerprint density at radius 2 is 1.92 bits per heavy atom. The Balaban J connectivity index is 4.14. The van der Waals surface area contributed by atoms with Crippen molar-refractivity contribution in [3.8, 4) is 0 Å². The van der Waals surface area contributed by atoms with Crippen molar-refractivity contribution in [2.24, 2.45) is 0 Å². The van der Waals surface area contributed by atoms with E-state index in [0.717, 1.165) is 0 Å². The fourth-order valence-electron chi connectivity index (χ4n) is 0.842. The lowest BCUT2D eigenvalue weighted by atomic mass is 10.2. The molecular formula is C6H15O5PS. The first-order valence-corrected chi connectivity index (χ1v) is 7.00. The Morgan fingerprint density at radius 3 is 2.23 bits per heavy atom. The molecule has 0 bridgehead atoms. The van der Waals surface area contributed by atoms with Crippen LogP contribution >= 0.6 is 7.60 Å². The average molecular weight is 230 g/mol.